The van der Waals surface area contributed by atoms with Gasteiger partial charge in [-0.1, -0.05) is 54.6 Å². The first-order chi connectivity index (χ1) is 16.0. The molecule has 3 rings (SSSR count). The standard InChI is InChI=1S/C26H27Cl2N3O3/c1-15(32)9-12-24(17(3)33)31-16(2)21-8-6-7-19(25(21)26(31)34)14-30(5)18(4)29-20-10-11-22(27)23(28)13-20/h6-8,10-11,13,24,29H,2,4,9,12,14H2,1,3,5H3. The first-order valence-corrected chi connectivity index (χ1v) is 11.5. The average molecular weight is 500 g/mol. The van der Waals surface area contributed by atoms with E-state index in [9.17, 15) is 14.4 Å². The molecule has 0 spiro atoms. The molecule has 1 atom stereocenters. The van der Waals surface area contributed by atoms with E-state index in [2.05, 4.69) is 18.5 Å². The molecule has 0 fully saturated rings. The Balaban J connectivity index is 1.82. The van der Waals surface area contributed by atoms with Gasteiger partial charge in [-0.25, -0.2) is 0 Å². The van der Waals surface area contributed by atoms with Crippen molar-refractivity contribution in [2.75, 3.05) is 12.4 Å². The Bertz CT molecular complexity index is 1190. The Kier molecular flexibility index (Phi) is 7.85. The molecule has 1 aliphatic heterocycles. The van der Waals surface area contributed by atoms with Gasteiger partial charge >= 0.3 is 0 Å². The van der Waals surface area contributed by atoms with Crippen molar-refractivity contribution in [2.45, 2.75) is 39.3 Å². The molecule has 0 saturated heterocycles. The highest BCUT2D eigenvalue weighted by atomic mass is 35.5. The number of hydrogen-bond donors (Lipinski definition) is 1. The smallest absolute Gasteiger partial charge is 0.259 e. The van der Waals surface area contributed by atoms with Crippen molar-refractivity contribution in [1.29, 1.82) is 0 Å². The topological polar surface area (TPSA) is 69.7 Å². The van der Waals surface area contributed by atoms with E-state index in [0.29, 0.717) is 39.2 Å². The van der Waals surface area contributed by atoms with Crippen molar-refractivity contribution >= 4 is 52.1 Å². The maximum absolute atomic E-state index is 13.5. The molecule has 1 unspecified atom stereocenters. The van der Waals surface area contributed by atoms with Crippen LogP contribution in [-0.4, -0.2) is 40.4 Å². The maximum Gasteiger partial charge on any atom is 0.259 e. The highest BCUT2D eigenvalue weighted by Crippen LogP contribution is 2.37. The number of nitrogens with one attached hydrogen (secondary N) is 1. The second-order valence-corrected chi connectivity index (χ2v) is 9.20. The van der Waals surface area contributed by atoms with Crippen LogP contribution >= 0.6 is 23.2 Å². The average Bonchev–Trinajstić information content (AvgIpc) is 3.02. The van der Waals surface area contributed by atoms with Gasteiger partial charge in [0.05, 0.1) is 27.5 Å². The fourth-order valence-electron chi connectivity index (χ4n) is 3.97. The predicted octanol–water partition coefficient (Wildman–Crippen LogP) is 5.76. The van der Waals surface area contributed by atoms with E-state index < -0.39 is 6.04 Å². The van der Waals surface area contributed by atoms with Crippen LogP contribution in [0.15, 0.2) is 55.4 Å². The molecule has 0 radical (unpaired) electrons. The third-order valence-corrected chi connectivity index (χ3v) is 6.55. The fourth-order valence-corrected chi connectivity index (χ4v) is 4.27. The Morgan fingerprint density at radius 1 is 1.15 bits per heavy atom. The number of ketones is 2. The summed E-state index contributed by atoms with van der Waals surface area (Å²) in [5.74, 6) is 0.105. The fraction of sp³-hybridized carbons (Fsp3) is 0.269. The lowest BCUT2D eigenvalue weighted by molar-refractivity contribution is -0.121. The lowest BCUT2D eigenvalue weighted by Gasteiger charge is -2.27. The van der Waals surface area contributed by atoms with Gasteiger partial charge in [-0.2, -0.15) is 0 Å². The Labute approximate surface area is 209 Å². The van der Waals surface area contributed by atoms with Crippen LogP contribution < -0.4 is 5.32 Å². The van der Waals surface area contributed by atoms with Crippen LogP contribution in [0.1, 0.15) is 48.2 Å². The van der Waals surface area contributed by atoms with Gasteiger partial charge in [0.1, 0.15) is 5.78 Å². The molecule has 6 nitrogen and oxygen atoms in total. The van der Waals surface area contributed by atoms with Gasteiger partial charge in [0, 0.05) is 37.0 Å². The number of amides is 1. The van der Waals surface area contributed by atoms with Gasteiger partial charge in [0.15, 0.2) is 5.78 Å². The third kappa shape index (κ3) is 5.34. The number of nitrogens with zero attached hydrogens (tertiary/aromatic N) is 2. The zero-order valence-corrected chi connectivity index (χ0v) is 21.0. The van der Waals surface area contributed by atoms with E-state index >= 15 is 0 Å². The number of anilines is 1. The molecular weight excluding hydrogens is 473 g/mol. The minimum Gasteiger partial charge on any atom is -0.357 e. The van der Waals surface area contributed by atoms with Gasteiger partial charge < -0.3 is 15.0 Å². The summed E-state index contributed by atoms with van der Waals surface area (Å²) in [5.41, 5.74) is 3.18. The van der Waals surface area contributed by atoms with Crippen molar-refractivity contribution in [3.05, 3.63) is 82.1 Å². The summed E-state index contributed by atoms with van der Waals surface area (Å²) >= 11 is 12.1. The van der Waals surface area contributed by atoms with Crippen molar-refractivity contribution in [3.63, 3.8) is 0 Å². The predicted molar refractivity (Wildman–Crippen MR) is 137 cm³/mol. The van der Waals surface area contributed by atoms with Gasteiger partial charge in [-0.3, -0.25) is 14.5 Å². The number of carbonyl (C=O) groups excluding carboxylic acids is 3. The molecule has 2 aromatic rings. The monoisotopic (exact) mass is 499 g/mol. The van der Waals surface area contributed by atoms with E-state index in [1.165, 1.54) is 18.7 Å². The van der Waals surface area contributed by atoms with Crippen LogP contribution in [0.4, 0.5) is 5.69 Å². The lowest BCUT2D eigenvalue weighted by atomic mass is 10.0. The first kappa shape index (κ1) is 25.5. The molecule has 0 bridgehead atoms. The maximum atomic E-state index is 13.5. The summed E-state index contributed by atoms with van der Waals surface area (Å²) in [7, 11) is 1.85. The highest BCUT2D eigenvalue weighted by molar-refractivity contribution is 6.42. The lowest BCUT2D eigenvalue weighted by Crippen LogP contribution is -2.40. The number of fused-ring (bicyclic) bond motifs is 1. The Morgan fingerprint density at radius 2 is 1.85 bits per heavy atom. The number of halogens is 2. The largest absolute Gasteiger partial charge is 0.357 e. The first-order valence-electron chi connectivity index (χ1n) is 10.8. The van der Waals surface area contributed by atoms with Gasteiger partial charge in [0.2, 0.25) is 0 Å². The number of carbonyl (C=O) groups is 3. The number of Topliss-reactive ketones (excluding diaryl/α,β-unsaturated/α-hetero) is 2. The minimum atomic E-state index is -0.729. The molecule has 34 heavy (non-hydrogen) atoms. The number of hydrogen-bond acceptors (Lipinski definition) is 5. The summed E-state index contributed by atoms with van der Waals surface area (Å²) in [5, 5.41) is 4.07. The minimum absolute atomic E-state index is 0.0312. The normalized spacial score (nSPS) is 13.5. The molecule has 0 aliphatic carbocycles. The van der Waals surface area contributed by atoms with Gasteiger partial charge in [-0.05, 0) is 44.0 Å². The molecule has 1 N–H and O–H groups in total. The Morgan fingerprint density at radius 3 is 2.47 bits per heavy atom. The SMILES string of the molecule is C=C(Nc1ccc(Cl)c(Cl)c1)N(C)Cc1cccc2c1C(=O)N(C(CCC(C)=O)C(C)=O)C2=C. The third-order valence-electron chi connectivity index (χ3n) is 5.81. The quantitative estimate of drug-likeness (QED) is 0.449. The molecule has 1 amide bonds. The van der Waals surface area contributed by atoms with Crippen LogP contribution in [0.5, 0.6) is 0 Å². The molecular formula is C26H27Cl2N3O3. The van der Waals surface area contributed by atoms with Crippen LogP contribution in [0.2, 0.25) is 10.0 Å². The molecule has 1 aliphatic rings. The second-order valence-electron chi connectivity index (χ2n) is 8.39. The van der Waals surface area contributed by atoms with Crippen molar-refractivity contribution < 1.29 is 14.4 Å². The molecule has 0 aromatic heterocycles. The zero-order valence-electron chi connectivity index (χ0n) is 19.5. The number of rotatable bonds is 10. The molecule has 178 valence electrons. The highest BCUT2D eigenvalue weighted by Gasteiger charge is 2.39. The molecule has 2 aromatic carbocycles. The van der Waals surface area contributed by atoms with Crippen molar-refractivity contribution in [1.82, 2.24) is 9.80 Å². The van der Waals surface area contributed by atoms with E-state index in [4.69, 9.17) is 23.2 Å². The summed E-state index contributed by atoms with van der Waals surface area (Å²) in [6.07, 6.45) is 0.483. The molecule has 0 saturated carbocycles. The second kappa shape index (κ2) is 10.5. The molecule has 8 heteroatoms. The summed E-state index contributed by atoms with van der Waals surface area (Å²) in [4.78, 5) is 40.6. The number of benzene rings is 2. The molecule has 1 heterocycles. The van der Waals surface area contributed by atoms with Crippen LogP contribution in [0, 0.1) is 0 Å². The van der Waals surface area contributed by atoms with Gasteiger partial charge in [0.25, 0.3) is 5.91 Å². The van der Waals surface area contributed by atoms with E-state index in [1.807, 2.05) is 30.1 Å². The Hall–Kier alpha value is -3.09. The summed E-state index contributed by atoms with van der Waals surface area (Å²) in [6, 6.07) is 10.0. The van der Waals surface area contributed by atoms with E-state index in [1.54, 1.807) is 18.2 Å². The van der Waals surface area contributed by atoms with Gasteiger partial charge in [-0.15, -0.1) is 0 Å². The summed E-state index contributed by atoms with van der Waals surface area (Å²) in [6.45, 7) is 11.5. The van der Waals surface area contributed by atoms with Crippen LogP contribution in [0.25, 0.3) is 5.70 Å². The van der Waals surface area contributed by atoms with Crippen molar-refractivity contribution in [3.8, 4) is 0 Å². The van der Waals surface area contributed by atoms with Crippen LogP contribution in [0.3, 0.4) is 0 Å². The zero-order chi connectivity index (χ0) is 25.2. The summed E-state index contributed by atoms with van der Waals surface area (Å²) < 4.78 is 0. The van der Waals surface area contributed by atoms with E-state index in [0.717, 1.165) is 11.3 Å². The van der Waals surface area contributed by atoms with Crippen molar-refractivity contribution in [2.24, 2.45) is 0 Å². The van der Waals surface area contributed by atoms with E-state index in [-0.39, 0.29) is 30.3 Å². The van der Waals surface area contributed by atoms with Crippen LogP contribution in [-0.2, 0) is 16.1 Å².